The van der Waals surface area contributed by atoms with Crippen molar-refractivity contribution < 1.29 is 9.21 Å². The van der Waals surface area contributed by atoms with Crippen molar-refractivity contribution in [3.8, 4) is 0 Å². The Kier molecular flexibility index (Phi) is 4.76. The Labute approximate surface area is 146 Å². The van der Waals surface area contributed by atoms with Gasteiger partial charge in [0, 0.05) is 12.4 Å². The van der Waals surface area contributed by atoms with Crippen LogP contribution in [0.5, 0.6) is 0 Å². The van der Waals surface area contributed by atoms with E-state index in [0.717, 1.165) is 22.4 Å². The number of rotatable bonds is 5. The summed E-state index contributed by atoms with van der Waals surface area (Å²) in [6, 6.07) is 17.0. The van der Waals surface area contributed by atoms with Gasteiger partial charge < -0.3 is 14.6 Å². The van der Waals surface area contributed by atoms with Crippen LogP contribution in [0.1, 0.15) is 18.7 Å². The van der Waals surface area contributed by atoms with Crippen LogP contribution in [-0.4, -0.2) is 24.4 Å². The monoisotopic (exact) mass is 342 g/mol. The van der Waals surface area contributed by atoms with Gasteiger partial charge in [0.1, 0.15) is 11.3 Å². The zero-order valence-corrected chi connectivity index (χ0v) is 14.4. The summed E-state index contributed by atoms with van der Waals surface area (Å²) in [5.74, 6) is 0.729. The number of likely N-dealkylation sites (N-methyl/N-ethyl adjacent to an activating group) is 1. The van der Waals surface area contributed by atoms with Crippen LogP contribution in [0.25, 0.3) is 11.0 Å². The molecule has 0 saturated carbocycles. The van der Waals surface area contributed by atoms with Crippen molar-refractivity contribution in [2.75, 3.05) is 18.9 Å². The van der Waals surface area contributed by atoms with Gasteiger partial charge in [0.15, 0.2) is 0 Å². The van der Waals surface area contributed by atoms with E-state index in [1.54, 1.807) is 18.0 Å². The normalized spacial score (nSPS) is 12.1. The van der Waals surface area contributed by atoms with Gasteiger partial charge in [-0.25, -0.2) is 0 Å². The first-order valence-corrected chi connectivity index (χ1v) is 8.16. The maximum Gasteiger partial charge on any atom is 0.242 e. The smallest absolute Gasteiger partial charge is 0.242 e. The van der Waals surface area contributed by atoms with Crippen LogP contribution in [0.4, 0.5) is 5.69 Å². The molecule has 1 aromatic heterocycles. The summed E-state index contributed by atoms with van der Waals surface area (Å²) in [5.41, 5.74) is 1.58. The highest BCUT2D eigenvalue weighted by molar-refractivity contribution is 6.33. The summed E-state index contributed by atoms with van der Waals surface area (Å²) in [5, 5.41) is 4.70. The summed E-state index contributed by atoms with van der Waals surface area (Å²) in [7, 11) is 1.77. The minimum atomic E-state index is -0.155. The predicted octanol–water partition coefficient (Wildman–Crippen LogP) is 4.72. The van der Waals surface area contributed by atoms with E-state index < -0.39 is 0 Å². The molecule has 1 heterocycles. The Morgan fingerprint density at radius 1 is 1.21 bits per heavy atom. The molecular weight excluding hydrogens is 324 g/mol. The molecule has 1 N–H and O–H groups in total. The fourth-order valence-corrected chi connectivity index (χ4v) is 2.72. The van der Waals surface area contributed by atoms with Crippen LogP contribution in [0.2, 0.25) is 5.02 Å². The number of benzene rings is 2. The molecule has 4 nitrogen and oxygen atoms in total. The Morgan fingerprint density at radius 3 is 2.67 bits per heavy atom. The van der Waals surface area contributed by atoms with E-state index in [0.29, 0.717) is 5.02 Å². The van der Waals surface area contributed by atoms with Gasteiger partial charge in [0.05, 0.1) is 23.3 Å². The van der Waals surface area contributed by atoms with Gasteiger partial charge in [-0.1, -0.05) is 41.9 Å². The van der Waals surface area contributed by atoms with E-state index in [-0.39, 0.29) is 18.5 Å². The second kappa shape index (κ2) is 6.97. The SMILES string of the molecule is CC(c1cc2ccccc2o1)N(C)C(=O)CNc1ccccc1Cl. The molecule has 0 saturated heterocycles. The molecule has 0 spiro atoms. The number of furan rings is 1. The van der Waals surface area contributed by atoms with Gasteiger partial charge >= 0.3 is 0 Å². The molecule has 3 aromatic rings. The molecule has 24 heavy (non-hydrogen) atoms. The summed E-state index contributed by atoms with van der Waals surface area (Å²) in [6.45, 7) is 2.12. The van der Waals surface area contributed by atoms with E-state index in [4.69, 9.17) is 16.0 Å². The van der Waals surface area contributed by atoms with E-state index in [1.807, 2.05) is 55.5 Å². The summed E-state index contributed by atoms with van der Waals surface area (Å²) in [4.78, 5) is 14.1. The molecule has 124 valence electrons. The number of hydrogen-bond acceptors (Lipinski definition) is 3. The number of carbonyl (C=O) groups excluding carboxylic acids is 1. The highest BCUT2D eigenvalue weighted by Crippen LogP contribution is 2.27. The largest absolute Gasteiger partial charge is 0.459 e. The Morgan fingerprint density at radius 2 is 1.92 bits per heavy atom. The lowest BCUT2D eigenvalue weighted by Crippen LogP contribution is -2.34. The molecule has 0 aliphatic heterocycles. The number of nitrogens with one attached hydrogen (secondary N) is 1. The van der Waals surface area contributed by atoms with Crippen LogP contribution in [0.3, 0.4) is 0 Å². The first kappa shape index (κ1) is 16.4. The lowest BCUT2D eigenvalue weighted by atomic mass is 10.2. The number of carbonyl (C=O) groups is 1. The van der Waals surface area contributed by atoms with Crippen LogP contribution in [0.15, 0.2) is 59.0 Å². The summed E-state index contributed by atoms with van der Waals surface area (Å²) in [6.07, 6.45) is 0. The number of hydrogen-bond donors (Lipinski definition) is 1. The predicted molar refractivity (Wildman–Crippen MR) is 97.3 cm³/mol. The van der Waals surface area contributed by atoms with E-state index in [9.17, 15) is 4.79 Å². The fourth-order valence-electron chi connectivity index (χ4n) is 2.52. The van der Waals surface area contributed by atoms with Crippen LogP contribution < -0.4 is 5.32 Å². The Hall–Kier alpha value is -2.46. The number of halogens is 1. The minimum absolute atomic E-state index is 0.0390. The standard InChI is InChI=1S/C19H19ClN2O2/c1-13(18-11-14-7-3-6-10-17(14)24-18)22(2)19(23)12-21-16-9-5-4-8-15(16)20/h3-11,13,21H,12H2,1-2H3. The lowest BCUT2D eigenvalue weighted by molar-refractivity contribution is -0.130. The van der Waals surface area contributed by atoms with E-state index in [2.05, 4.69) is 5.32 Å². The van der Waals surface area contributed by atoms with Crippen molar-refractivity contribution in [3.63, 3.8) is 0 Å². The number of amides is 1. The average Bonchev–Trinajstić information content (AvgIpc) is 3.03. The number of fused-ring (bicyclic) bond motifs is 1. The third-order valence-electron chi connectivity index (χ3n) is 4.13. The molecule has 1 amide bonds. The van der Waals surface area contributed by atoms with Crippen molar-refractivity contribution >= 4 is 34.2 Å². The van der Waals surface area contributed by atoms with E-state index in [1.165, 1.54) is 0 Å². The van der Waals surface area contributed by atoms with Gasteiger partial charge in [0.2, 0.25) is 5.91 Å². The van der Waals surface area contributed by atoms with Gasteiger partial charge in [0.25, 0.3) is 0 Å². The quantitative estimate of drug-likeness (QED) is 0.729. The van der Waals surface area contributed by atoms with Gasteiger partial charge in [-0.2, -0.15) is 0 Å². The first-order chi connectivity index (χ1) is 11.6. The zero-order valence-electron chi connectivity index (χ0n) is 13.6. The molecule has 0 bridgehead atoms. The van der Waals surface area contributed by atoms with Crippen molar-refractivity contribution in [1.82, 2.24) is 4.90 Å². The molecule has 3 rings (SSSR count). The van der Waals surface area contributed by atoms with Crippen molar-refractivity contribution in [2.24, 2.45) is 0 Å². The third kappa shape index (κ3) is 3.39. The molecule has 5 heteroatoms. The summed E-state index contributed by atoms with van der Waals surface area (Å²) < 4.78 is 5.85. The highest BCUT2D eigenvalue weighted by atomic mass is 35.5. The van der Waals surface area contributed by atoms with Crippen LogP contribution in [0, 0.1) is 0 Å². The minimum Gasteiger partial charge on any atom is -0.459 e. The number of nitrogens with zero attached hydrogens (tertiary/aromatic N) is 1. The molecule has 0 aliphatic carbocycles. The van der Waals surface area contributed by atoms with E-state index >= 15 is 0 Å². The molecule has 0 aliphatic rings. The molecule has 0 radical (unpaired) electrons. The van der Waals surface area contributed by atoms with Gasteiger partial charge in [-0.3, -0.25) is 4.79 Å². The first-order valence-electron chi connectivity index (χ1n) is 7.79. The number of anilines is 1. The summed E-state index contributed by atoms with van der Waals surface area (Å²) >= 11 is 6.09. The van der Waals surface area contributed by atoms with Gasteiger partial charge in [-0.15, -0.1) is 0 Å². The topological polar surface area (TPSA) is 45.5 Å². The Bertz CT molecular complexity index is 826. The maximum atomic E-state index is 12.4. The third-order valence-corrected chi connectivity index (χ3v) is 4.46. The van der Waals surface area contributed by atoms with Crippen molar-refractivity contribution in [1.29, 1.82) is 0 Å². The maximum absolute atomic E-state index is 12.4. The van der Waals surface area contributed by atoms with Gasteiger partial charge in [-0.05, 0) is 31.2 Å². The Balaban J connectivity index is 1.67. The van der Waals surface area contributed by atoms with Crippen LogP contribution >= 0.6 is 11.6 Å². The molecular formula is C19H19ClN2O2. The average molecular weight is 343 g/mol. The number of para-hydroxylation sites is 2. The van der Waals surface area contributed by atoms with Crippen molar-refractivity contribution in [2.45, 2.75) is 13.0 Å². The second-order valence-electron chi connectivity index (χ2n) is 5.70. The fraction of sp³-hybridized carbons (Fsp3) is 0.211. The molecule has 1 unspecified atom stereocenters. The zero-order chi connectivity index (χ0) is 17.1. The van der Waals surface area contributed by atoms with Crippen molar-refractivity contribution in [3.05, 3.63) is 65.4 Å². The molecule has 0 fully saturated rings. The lowest BCUT2D eigenvalue weighted by Gasteiger charge is -2.23. The molecule has 1 atom stereocenters. The second-order valence-corrected chi connectivity index (χ2v) is 6.11. The molecule has 2 aromatic carbocycles. The highest BCUT2D eigenvalue weighted by Gasteiger charge is 2.20. The van der Waals surface area contributed by atoms with Crippen LogP contribution in [-0.2, 0) is 4.79 Å².